The third kappa shape index (κ3) is 3.30. The molecule has 0 saturated carbocycles. The first kappa shape index (κ1) is 17.3. The van der Waals surface area contributed by atoms with E-state index in [2.05, 4.69) is 4.99 Å². The number of methoxy groups -OCH3 is 3. The van der Waals surface area contributed by atoms with Crippen LogP contribution in [0, 0.1) is 0 Å². The van der Waals surface area contributed by atoms with Crippen molar-refractivity contribution in [2.45, 2.75) is 9.96 Å². The molecular weight excluding hydrogens is 355 g/mol. The van der Waals surface area contributed by atoms with Gasteiger partial charge in [-0.25, -0.2) is 4.99 Å². The van der Waals surface area contributed by atoms with Crippen LogP contribution in [0.5, 0.6) is 17.2 Å². The third-order valence-corrected chi connectivity index (χ3v) is 3.56. The Morgan fingerprint density at radius 3 is 2.05 bits per heavy atom. The van der Waals surface area contributed by atoms with Crippen LogP contribution < -0.4 is 14.2 Å². The van der Waals surface area contributed by atoms with E-state index in [0.717, 1.165) is 0 Å². The summed E-state index contributed by atoms with van der Waals surface area (Å²) in [5.74, 6) is 1.61. The van der Waals surface area contributed by atoms with Gasteiger partial charge in [-0.15, -0.1) is 5.06 Å². The number of halogens is 3. The minimum absolute atomic E-state index is 0.0122. The molecule has 2 rings (SSSR count). The summed E-state index contributed by atoms with van der Waals surface area (Å²) in [7, 11) is 6.30. The second-order valence-corrected chi connectivity index (χ2v) is 6.67. The molecular formula is C13H15Cl3N2O4. The SMILES string of the molecule is COc1cc(OC)c(C2N=C(C(Cl)(Cl)Cl)ON2C)cc1OC. The number of hydroxylamine groups is 2. The van der Waals surface area contributed by atoms with E-state index in [4.69, 9.17) is 53.9 Å². The van der Waals surface area contributed by atoms with Crippen molar-refractivity contribution in [3.05, 3.63) is 17.7 Å². The summed E-state index contributed by atoms with van der Waals surface area (Å²) in [6.45, 7) is 0. The Labute approximate surface area is 143 Å². The van der Waals surface area contributed by atoms with E-state index in [1.165, 1.54) is 5.06 Å². The molecule has 0 amide bonds. The predicted octanol–water partition coefficient (Wildman–Crippen LogP) is 3.36. The first-order valence-electron chi connectivity index (χ1n) is 6.17. The molecule has 1 aliphatic heterocycles. The molecule has 6 nitrogen and oxygen atoms in total. The zero-order chi connectivity index (χ0) is 16.5. The largest absolute Gasteiger partial charge is 0.496 e. The number of nitrogens with zero attached hydrogens (tertiary/aromatic N) is 2. The van der Waals surface area contributed by atoms with E-state index >= 15 is 0 Å². The maximum Gasteiger partial charge on any atom is 0.268 e. The van der Waals surface area contributed by atoms with Crippen molar-refractivity contribution < 1.29 is 19.0 Å². The van der Waals surface area contributed by atoms with E-state index in [9.17, 15) is 0 Å². The van der Waals surface area contributed by atoms with Gasteiger partial charge < -0.3 is 19.0 Å². The monoisotopic (exact) mass is 368 g/mol. The molecule has 0 radical (unpaired) electrons. The molecule has 1 aromatic rings. The van der Waals surface area contributed by atoms with E-state index in [1.807, 2.05) is 0 Å². The lowest BCUT2D eigenvalue weighted by molar-refractivity contribution is -0.0596. The van der Waals surface area contributed by atoms with Gasteiger partial charge in [0.05, 0.1) is 21.3 Å². The van der Waals surface area contributed by atoms with Crippen LogP contribution in [-0.4, -0.2) is 43.1 Å². The average Bonchev–Trinajstić information content (AvgIpc) is 2.87. The van der Waals surface area contributed by atoms with Crippen LogP contribution in [0.25, 0.3) is 0 Å². The molecule has 1 unspecified atom stereocenters. The number of rotatable bonds is 4. The lowest BCUT2D eigenvalue weighted by Gasteiger charge is -2.20. The molecule has 1 heterocycles. The van der Waals surface area contributed by atoms with Crippen LogP contribution in [0.2, 0.25) is 0 Å². The minimum Gasteiger partial charge on any atom is -0.496 e. The summed E-state index contributed by atoms with van der Waals surface area (Å²) in [5, 5.41) is 1.46. The van der Waals surface area contributed by atoms with Gasteiger partial charge in [0, 0.05) is 18.7 Å². The molecule has 1 aliphatic rings. The highest BCUT2D eigenvalue weighted by molar-refractivity contribution is 6.76. The van der Waals surface area contributed by atoms with Gasteiger partial charge in [0.1, 0.15) is 5.75 Å². The minimum atomic E-state index is -1.74. The van der Waals surface area contributed by atoms with E-state index in [-0.39, 0.29) is 5.90 Å². The van der Waals surface area contributed by atoms with Crippen LogP contribution in [0.15, 0.2) is 17.1 Å². The maximum atomic E-state index is 5.81. The van der Waals surface area contributed by atoms with Crippen molar-refractivity contribution in [2.24, 2.45) is 4.99 Å². The van der Waals surface area contributed by atoms with Crippen molar-refractivity contribution in [2.75, 3.05) is 28.4 Å². The molecule has 1 atom stereocenters. The zero-order valence-electron chi connectivity index (χ0n) is 12.4. The number of ether oxygens (including phenoxy) is 3. The third-order valence-electron chi connectivity index (χ3n) is 3.07. The first-order valence-corrected chi connectivity index (χ1v) is 7.31. The molecule has 0 bridgehead atoms. The van der Waals surface area contributed by atoms with Crippen LogP contribution in [-0.2, 0) is 4.84 Å². The van der Waals surface area contributed by atoms with Crippen LogP contribution in [0.1, 0.15) is 11.7 Å². The van der Waals surface area contributed by atoms with Gasteiger partial charge >= 0.3 is 0 Å². The standard InChI is InChI=1S/C13H15Cl3N2O4/c1-18-11(17-12(22-18)13(14,15)16)7-5-9(20-3)10(21-4)6-8(7)19-2/h5-6,11H,1-4H3. The number of aliphatic imine (C=N–C) groups is 1. The molecule has 0 saturated heterocycles. The quantitative estimate of drug-likeness (QED) is 0.762. The summed E-state index contributed by atoms with van der Waals surface area (Å²) < 4.78 is 14.2. The molecule has 0 aliphatic carbocycles. The van der Waals surface area contributed by atoms with E-state index in [1.54, 1.807) is 40.5 Å². The second-order valence-electron chi connectivity index (χ2n) is 4.39. The van der Waals surface area contributed by atoms with Gasteiger partial charge in [-0.2, -0.15) is 0 Å². The van der Waals surface area contributed by atoms with Crippen LogP contribution in [0.4, 0.5) is 0 Å². The van der Waals surface area contributed by atoms with Gasteiger partial charge in [-0.3, -0.25) is 0 Å². The number of alkyl halides is 3. The topological polar surface area (TPSA) is 52.5 Å². The summed E-state index contributed by atoms with van der Waals surface area (Å²) in [4.78, 5) is 9.68. The Bertz CT molecular complexity index is 589. The Morgan fingerprint density at radius 2 is 1.59 bits per heavy atom. The smallest absolute Gasteiger partial charge is 0.268 e. The van der Waals surface area contributed by atoms with Crippen molar-refractivity contribution in [3.8, 4) is 17.2 Å². The fourth-order valence-corrected chi connectivity index (χ4v) is 2.30. The zero-order valence-corrected chi connectivity index (χ0v) is 14.7. The molecule has 122 valence electrons. The Hall–Kier alpha value is -1.08. The van der Waals surface area contributed by atoms with E-state index in [0.29, 0.717) is 22.8 Å². The Kier molecular flexibility index (Phi) is 5.17. The highest BCUT2D eigenvalue weighted by Crippen LogP contribution is 2.43. The lowest BCUT2D eigenvalue weighted by atomic mass is 10.1. The summed E-state index contributed by atoms with van der Waals surface area (Å²) >= 11 is 17.4. The average molecular weight is 370 g/mol. The van der Waals surface area contributed by atoms with Crippen molar-refractivity contribution in [1.29, 1.82) is 0 Å². The number of benzene rings is 1. The van der Waals surface area contributed by atoms with Gasteiger partial charge in [0.15, 0.2) is 17.7 Å². The summed E-state index contributed by atoms with van der Waals surface area (Å²) in [6.07, 6.45) is -0.541. The molecule has 1 aromatic carbocycles. The van der Waals surface area contributed by atoms with Crippen molar-refractivity contribution in [3.63, 3.8) is 0 Å². The van der Waals surface area contributed by atoms with Gasteiger partial charge in [0.25, 0.3) is 9.69 Å². The fourth-order valence-electron chi connectivity index (χ4n) is 2.05. The summed E-state index contributed by atoms with van der Waals surface area (Å²) in [6, 6.07) is 3.44. The van der Waals surface area contributed by atoms with Gasteiger partial charge in [0.2, 0.25) is 0 Å². The molecule has 0 spiro atoms. The van der Waals surface area contributed by atoms with Crippen LogP contribution in [0.3, 0.4) is 0 Å². The molecule has 22 heavy (non-hydrogen) atoms. The van der Waals surface area contributed by atoms with E-state index < -0.39 is 9.96 Å². The van der Waals surface area contributed by atoms with Gasteiger partial charge in [-0.05, 0) is 6.07 Å². The van der Waals surface area contributed by atoms with Gasteiger partial charge in [-0.1, -0.05) is 34.8 Å². The molecule has 0 N–H and O–H groups in total. The molecule has 9 heteroatoms. The Balaban J connectivity index is 2.49. The highest BCUT2D eigenvalue weighted by atomic mass is 35.6. The maximum absolute atomic E-state index is 5.81. The Morgan fingerprint density at radius 1 is 1.05 bits per heavy atom. The highest BCUT2D eigenvalue weighted by Gasteiger charge is 2.40. The molecule has 0 aromatic heterocycles. The van der Waals surface area contributed by atoms with Crippen LogP contribution >= 0.6 is 34.8 Å². The normalized spacial score (nSPS) is 18.7. The second kappa shape index (κ2) is 6.58. The van der Waals surface area contributed by atoms with Crippen molar-refractivity contribution in [1.82, 2.24) is 5.06 Å². The summed E-state index contributed by atoms with van der Waals surface area (Å²) in [5.41, 5.74) is 0.687. The molecule has 0 fully saturated rings. The lowest BCUT2D eigenvalue weighted by Crippen LogP contribution is -2.24. The van der Waals surface area contributed by atoms with Crippen molar-refractivity contribution >= 4 is 40.7 Å². The number of hydrogen-bond donors (Lipinski definition) is 0. The fraction of sp³-hybridized carbons (Fsp3) is 0.462. The predicted molar refractivity (Wildman–Crippen MR) is 85.4 cm³/mol. The first-order chi connectivity index (χ1) is 10.3. The number of hydrogen-bond acceptors (Lipinski definition) is 6.